The number of esters is 1. The number of ether oxygens (including phenoxy) is 1. The largest absolute Gasteiger partial charge is 0.466 e. The molecule has 4 rings (SSSR count). The highest BCUT2D eigenvalue weighted by molar-refractivity contribution is 6.33. The summed E-state index contributed by atoms with van der Waals surface area (Å²) in [5.41, 5.74) is 2.63. The molecule has 3 aromatic rings. The van der Waals surface area contributed by atoms with E-state index in [1.165, 1.54) is 0 Å². The Kier molecular flexibility index (Phi) is 4.58. The first kappa shape index (κ1) is 17.5. The van der Waals surface area contributed by atoms with Crippen LogP contribution < -0.4 is 4.90 Å². The number of rotatable bonds is 4. The van der Waals surface area contributed by atoms with E-state index in [4.69, 9.17) is 20.8 Å². The van der Waals surface area contributed by atoms with Gasteiger partial charge in [-0.15, -0.1) is 0 Å². The summed E-state index contributed by atoms with van der Waals surface area (Å²) in [6.45, 7) is 2.33. The second kappa shape index (κ2) is 7.04. The van der Waals surface area contributed by atoms with Crippen molar-refractivity contribution < 1.29 is 18.7 Å². The molecular weight excluding hydrogens is 368 g/mol. The number of carbonyl (C=O) groups excluding carboxylic acids is 2. The minimum absolute atomic E-state index is 0.126. The second-order valence-electron chi connectivity index (χ2n) is 6.31. The Morgan fingerprint density at radius 2 is 2.15 bits per heavy atom. The molecule has 6 nitrogen and oxygen atoms in total. The van der Waals surface area contributed by atoms with E-state index >= 15 is 0 Å². The predicted octanol–water partition coefficient (Wildman–Crippen LogP) is 4.06. The molecule has 138 valence electrons. The van der Waals surface area contributed by atoms with Crippen LogP contribution in [0.15, 0.2) is 46.9 Å². The van der Waals surface area contributed by atoms with Gasteiger partial charge in [0.25, 0.3) is 0 Å². The number of carbonyl (C=O) groups is 2. The van der Waals surface area contributed by atoms with Crippen LogP contribution in [0.25, 0.3) is 22.6 Å². The van der Waals surface area contributed by atoms with Gasteiger partial charge in [0, 0.05) is 18.7 Å². The third-order valence-corrected chi connectivity index (χ3v) is 4.86. The van der Waals surface area contributed by atoms with Crippen LogP contribution in [0, 0.1) is 5.92 Å². The van der Waals surface area contributed by atoms with Crippen molar-refractivity contribution in [2.75, 3.05) is 18.1 Å². The zero-order chi connectivity index (χ0) is 19.0. The van der Waals surface area contributed by atoms with Crippen LogP contribution in [0.2, 0.25) is 5.02 Å². The Morgan fingerprint density at radius 3 is 2.93 bits per heavy atom. The molecule has 1 amide bonds. The summed E-state index contributed by atoms with van der Waals surface area (Å²) in [5.74, 6) is -0.544. The van der Waals surface area contributed by atoms with Crippen molar-refractivity contribution in [1.29, 1.82) is 0 Å². The van der Waals surface area contributed by atoms with E-state index in [9.17, 15) is 9.59 Å². The van der Waals surface area contributed by atoms with Crippen molar-refractivity contribution in [2.45, 2.75) is 13.3 Å². The fraction of sp³-hybridized carbons (Fsp3) is 0.250. The Morgan fingerprint density at radius 1 is 1.33 bits per heavy atom. The highest BCUT2D eigenvalue weighted by atomic mass is 35.5. The van der Waals surface area contributed by atoms with E-state index in [-0.39, 0.29) is 24.8 Å². The maximum absolute atomic E-state index is 12.4. The number of fused-ring (bicyclic) bond motifs is 1. The number of aromatic nitrogens is 1. The third-order valence-electron chi connectivity index (χ3n) is 4.53. The highest BCUT2D eigenvalue weighted by Gasteiger charge is 2.36. The summed E-state index contributed by atoms with van der Waals surface area (Å²) in [6.07, 6.45) is 0.139. The van der Waals surface area contributed by atoms with Crippen molar-refractivity contribution in [3.63, 3.8) is 0 Å². The number of hydrogen-bond donors (Lipinski definition) is 0. The second-order valence-corrected chi connectivity index (χ2v) is 6.72. The average Bonchev–Trinajstić information content (AvgIpc) is 3.26. The monoisotopic (exact) mass is 384 g/mol. The normalized spacial score (nSPS) is 16.9. The minimum Gasteiger partial charge on any atom is -0.466 e. The standard InChI is InChI=1S/C20H17ClN2O4/c1-2-26-20(25)12-9-18(24)23(11-12)13-7-8-15(21)14(10-13)19-22-16-5-3-4-6-17(16)27-19/h3-8,10,12H,2,9,11H2,1H3. The molecular formula is C20H17ClN2O4. The van der Waals surface area contributed by atoms with E-state index in [2.05, 4.69) is 4.98 Å². The van der Waals surface area contributed by atoms with E-state index in [0.29, 0.717) is 34.4 Å². The van der Waals surface area contributed by atoms with Crippen molar-refractivity contribution in [1.82, 2.24) is 4.98 Å². The Balaban J connectivity index is 1.66. The number of amides is 1. The lowest BCUT2D eigenvalue weighted by Gasteiger charge is -2.17. The van der Waals surface area contributed by atoms with Gasteiger partial charge >= 0.3 is 5.97 Å². The molecule has 1 aromatic heterocycles. The lowest BCUT2D eigenvalue weighted by molar-refractivity contribution is -0.147. The summed E-state index contributed by atoms with van der Waals surface area (Å²) < 4.78 is 10.8. The summed E-state index contributed by atoms with van der Waals surface area (Å²) in [5, 5.41) is 0.471. The lowest BCUT2D eigenvalue weighted by atomic mass is 10.1. The number of nitrogens with zero attached hydrogens (tertiary/aromatic N) is 2. The van der Waals surface area contributed by atoms with Gasteiger partial charge in [0.1, 0.15) is 5.52 Å². The quantitative estimate of drug-likeness (QED) is 0.634. The first-order chi connectivity index (χ1) is 13.1. The molecule has 0 radical (unpaired) electrons. The summed E-state index contributed by atoms with van der Waals surface area (Å²) in [7, 11) is 0. The summed E-state index contributed by atoms with van der Waals surface area (Å²) >= 11 is 6.34. The molecule has 0 bridgehead atoms. The van der Waals surface area contributed by atoms with Crippen molar-refractivity contribution in [2.24, 2.45) is 5.92 Å². The number of benzene rings is 2. The van der Waals surface area contributed by atoms with Gasteiger partial charge in [-0.3, -0.25) is 9.59 Å². The molecule has 1 aliphatic rings. The molecule has 27 heavy (non-hydrogen) atoms. The van der Waals surface area contributed by atoms with E-state index < -0.39 is 5.92 Å². The van der Waals surface area contributed by atoms with Gasteiger partial charge in [-0.2, -0.15) is 0 Å². The first-order valence-corrected chi connectivity index (χ1v) is 9.07. The average molecular weight is 385 g/mol. The van der Waals surface area contributed by atoms with Crippen molar-refractivity contribution in [3.05, 3.63) is 47.5 Å². The number of hydrogen-bond acceptors (Lipinski definition) is 5. The summed E-state index contributed by atoms with van der Waals surface area (Å²) in [4.78, 5) is 30.4. The van der Waals surface area contributed by atoms with Crippen molar-refractivity contribution in [3.8, 4) is 11.5 Å². The summed E-state index contributed by atoms with van der Waals surface area (Å²) in [6, 6.07) is 12.6. The predicted molar refractivity (Wildman–Crippen MR) is 102 cm³/mol. The van der Waals surface area contributed by atoms with E-state index in [0.717, 1.165) is 5.52 Å². The van der Waals surface area contributed by atoms with Crippen LogP contribution in [0.3, 0.4) is 0 Å². The Labute approximate surface area is 160 Å². The lowest BCUT2D eigenvalue weighted by Crippen LogP contribution is -2.26. The maximum Gasteiger partial charge on any atom is 0.311 e. The van der Waals surface area contributed by atoms with Crippen LogP contribution in [0.1, 0.15) is 13.3 Å². The number of anilines is 1. The number of halogens is 1. The van der Waals surface area contributed by atoms with Crippen LogP contribution in [-0.2, 0) is 14.3 Å². The van der Waals surface area contributed by atoms with E-state index in [1.807, 2.05) is 24.3 Å². The zero-order valence-electron chi connectivity index (χ0n) is 14.6. The Bertz CT molecular complexity index is 997. The van der Waals surface area contributed by atoms with Gasteiger partial charge < -0.3 is 14.1 Å². The molecule has 2 aromatic carbocycles. The van der Waals surface area contributed by atoms with Gasteiger partial charge in [0.05, 0.1) is 23.1 Å². The molecule has 0 saturated carbocycles. The number of para-hydroxylation sites is 2. The molecule has 1 atom stereocenters. The van der Waals surface area contributed by atoms with Crippen LogP contribution in [0.5, 0.6) is 0 Å². The fourth-order valence-electron chi connectivity index (χ4n) is 3.21. The maximum atomic E-state index is 12.4. The molecule has 1 saturated heterocycles. The molecule has 2 heterocycles. The minimum atomic E-state index is -0.457. The van der Waals surface area contributed by atoms with E-state index in [1.54, 1.807) is 30.0 Å². The zero-order valence-corrected chi connectivity index (χ0v) is 15.4. The molecule has 0 N–H and O–H groups in total. The first-order valence-electron chi connectivity index (χ1n) is 8.69. The van der Waals surface area contributed by atoms with Gasteiger partial charge in [0.2, 0.25) is 11.8 Å². The van der Waals surface area contributed by atoms with Gasteiger partial charge in [-0.05, 0) is 37.3 Å². The molecule has 1 fully saturated rings. The van der Waals surface area contributed by atoms with Crippen LogP contribution >= 0.6 is 11.6 Å². The van der Waals surface area contributed by atoms with Crippen molar-refractivity contribution >= 4 is 40.3 Å². The molecule has 7 heteroatoms. The topological polar surface area (TPSA) is 72.6 Å². The van der Waals surface area contributed by atoms with Crippen LogP contribution in [0.4, 0.5) is 5.69 Å². The SMILES string of the molecule is CCOC(=O)C1CC(=O)N(c2ccc(Cl)c(-c3nc4ccccc4o3)c2)C1. The molecule has 0 aliphatic carbocycles. The van der Waals surface area contributed by atoms with Crippen LogP contribution in [-0.4, -0.2) is 30.0 Å². The molecule has 1 unspecified atom stereocenters. The number of oxazole rings is 1. The molecule has 0 spiro atoms. The van der Waals surface area contributed by atoms with Gasteiger partial charge in [-0.25, -0.2) is 4.98 Å². The third kappa shape index (κ3) is 3.28. The smallest absolute Gasteiger partial charge is 0.311 e. The Hall–Kier alpha value is -2.86. The highest BCUT2D eigenvalue weighted by Crippen LogP contribution is 2.35. The van der Waals surface area contributed by atoms with Gasteiger partial charge in [0.15, 0.2) is 5.58 Å². The van der Waals surface area contributed by atoms with Gasteiger partial charge in [-0.1, -0.05) is 23.7 Å². The fourth-order valence-corrected chi connectivity index (χ4v) is 3.41. The molecule has 1 aliphatic heterocycles.